The molecule has 1 fully saturated rings. The molecule has 0 amide bonds. The van der Waals surface area contributed by atoms with Gasteiger partial charge in [0.05, 0.1) is 23.6 Å². The zero-order chi connectivity index (χ0) is 20.3. The third-order valence-corrected chi connectivity index (χ3v) is 5.76. The minimum Gasteiger partial charge on any atom is -0.495 e. The van der Waals surface area contributed by atoms with E-state index < -0.39 is 11.5 Å². The van der Waals surface area contributed by atoms with Gasteiger partial charge in [0, 0.05) is 5.69 Å². The second-order valence-corrected chi connectivity index (χ2v) is 7.91. The summed E-state index contributed by atoms with van der Waals surface area (Å²) in [4.78, 5) is 13.3. The van der Waals surface area contributed by atoms with Crippen LogP contribution in [0.2, 0.25) is 5.02 Å². The van der Waals surface area contributed by atoms with Crippen LogP contribution in [-0.4, -0.2) is 24.0 Å². The minimum absolute atomic E-state index is 0.0754. The largest absolute Gasteiger partial charge is 0.495 e. The Morgan fingerprint density at radius 3 is 2.68 bits per heavy atom. The van der Waals surface area contributed by atoms with E-state index >= 15 is 0 Å². The molecule has 0 aliphatic heterocycles. The lowest BCUT2D eigenvalue weighted by Gasteiger charge is -2.37. The molecule has 1 aliphatic rings. The number of ketones is 1. The molecule has 2 aromatic carbocycles. The number of halogens is 2. The van der Waals surface area contributed by atoms with Gasteiger partial charge in [0.25, 0.3) is 0 Å². The highest BCUT2D eigenvalue weighted by Gasteiger charge is 2.42. The van der Waals surface area contributed by atoms with Crippen molar-refractivity contribution in [3.63, 3.8) is 0 Å². The number of hydrogen-bond acceptors (Lipinski definition) is 3. The summed E-state index contributed by atoms with van der Waals surface area (Å²) in [5.41, 5.74) is 0.884. The average Bonchev–Trinajstić information content (AvgIpc) is 2.67. The van der Waals surface area contributed by atoms with E-state index in [1.807, 2.05) is 19.1 Å². The maximum atomic E-state index is 13.3. The summed E-state index contributed by atoms with van der Waals surface area (Å²) in [5.74, 6) is 0.309. The number of hydrogen-bond donors (Lipinski definition) is 2. The van der Waals surface area contributed by atoms with Crippen LogP contribution in [0.25, 0.3) is 0 Å². The Morgan fingerprint density at radius 2 is 2.00 bits per heavy atom. The van der Waals surface area contributed by atoms with Gasteiger partial charge in [-0.2, -0.15) is 0 Å². The number of anilines is 1. The molecule has 7 heteroatoms. The van der Waals surface area contributed by atoms with Crippen LogP contribution < -0.4 is 15.4 Å². The van der Waals surface area contributed by atoms with Crippen molar-refractivity contribution in [1.29, 1.82) is 0 Å². The first-order chi connectivity index (χ1) is 13.3. The quantitative estimate of drug-likeness (QED) is 0.692. The van der Waals surface area contributed by atoms with Crippen molar-refractivity contribution < 1.29 is 13.9 Å². The molecule has 2 unspecified atom stereocenters. The first-order valence-corrected chi connectivity index (χ1v) is 9.83. The molecule has 148 valence electrons. The van der Waals surface area contributed by atoms with E-state index in [1.54, 1.807) is 25.3 Å². The van der Waals surface area contributed by atoms with Gasteiger partial charge in [-0.05, 0) is 80.4 Å². The van der Waals surface area contributed by atoms with Crippen molar-refractivity contribution in [1.82, 2.24) is 5.32 Å². The van der Waals surface area contributed by atoms with Crippen LogP contribution in [0.4, 0.5) is 10.1 Å². The second-order valence-electron chi connectivity index (χ2n) is 7.10. The van der Waals surface area contributed by atoms with Gasteiger partial charge in [0.1, 0.15) is 11.6 Å². The number of carbonyl (C=O) groups excluding carboxylic acids is 1. The van der Waals surface area contributed by atoms with Gasteiger partial charge in [-0.1, -0.05) is 17.7 Å². The molecule has 28 heavy (non-hydrogen) atoms. The molecular formula is C21H22ClFN2O2S. The molecule has 1 saturated carbocycles. The molecular weight excluding hydrogens is 399 g/mol. The van der Waals surface area contributed by atoms with Crippen LogP contribution >= 0.6 is 23.8 Å². The molecule has 0 radical (unpaired) electrons. The summed E-state index contributed by atoms with van der Waals surface area (Å²) in [6, 6.07) is 10.9. The molecule has 0 heterocycles. The topological polar surface area (TPSA) is 50.4 Å². The maximum absolute atomic E-state index is 13.3. The summed E-state index contributed by atoms with van der Waals surface area (Å²) in [5, 5.41) is 6.96. The van der Waals surface area contributed by atoms with Crippen molar-refractivity contribution in [3.8, 4) is 5.75 Å². The Bertz CT molecular complexity index is 890. The van der Waals surface area contributed by atoms with Gasteiger partial charge < -0.3 is 15.4 Å². The summed E-state index contributed by atoms with van der Waals surface area (Å²) >= 11 is 11.5. The van der Waals surface area contributed by atoms with Crippen molar-refractivity contribution in [2.45, 2.75) is 37.6 Å². The summed E-state index contributed by atoms with van der Waals surface area (Å²) in [6.07, 6.45) is 2.32. The Balaban J connectivity index is 1.74. The van der Waals surface area contributed by atoms with Crippen LogP contribution in [0.3, 0.4) is 0 Å². The fourth-order valence-electron chi connectivity index (χ4n) is 3.58. The van der Waals surface area contributed by atoms with E-state index in [0.717, 1.165) is 18.4 Å². The highest BCUT2D eigenvalue weighted by Crippen LogP contribution is 2.39. The van der Waals surface area contributed by atoms with Gasteiger partial charge >= 0.3 is 0 Å². The van der Waals surface area contributed by atoms with Crippen molar-refractivity contribution in [2.75, 3.05) is 12.4 Å². The van der Waals surface area contributed by atoms with Crippen LogP contribution in [0.15, 0.2) is 42.5 Å². The predicted molar refractivity (Wildman–Crippen MR) is 114 cm³/mol. The van der Waals surface area contributed by atoms with Crippen LogP contribution in [0.5, 0.6) is 5.75 Å². The van der Waals surface area contributed by atoms with E-state index in [0.29, 0.717) is 28.0 Å². The molecule has 2 atom stereocenters. The standard InChI is InChI=1S/C21H22ClFN2O2S/c1-21(13-5-10-16(22)18(12-13)27-2)11-3-4-17(19(21)26)25-20(28)24-15-8-6-14(23)7-9-15/h5-10,12,17H,3-4,11H2,1-2H3,(H2,24,25,28). The number of Topliss-reactive ketones (excluding diaryl/α,β-unsaturated/α-hetero) is 1. The Morgan fingerprint density at radius 1 is 1.29 bits per heavy atom. The molecule has 2 N–H and O–H groups in total. The fraction of sp³-hybridized carbons (Fsp3) is 0.333. The fourth-order valence-corrected chi connectivity index (χ4v) is 4.04. The van der Waals surface area contributed by atoms with Crippen LogP contribution in [0.1, 0.15) is 31.7 Å². The normalized spacial score (nSPS) is 21.9. The molecule has 2 aromatic rings. The number of thiocarbonyl (C=S) groups is 1. The molecule has 0 bridgehead atoms. The number of benzene rings is 2. The summed E-state index contributed by atoms with van der Waals surface area (Å²) in [7, 11) is 1.56. The van der Waals surface area contributed by atoms with Gasteiger partial charge in [-0.15, -0.1) is 0 Å². The minimum atomic E-state index is -0.653. The summed E-state index contributed by atoms with van der Waals surface area (Å²) < 4.78 is 18.3. The molecule has 0 saturated heterocycles. The smallest absolute Gasteiger partial charge is 0.171 e. The number of rotatable bonds is 4. The van der Waals surface area contributed by atoms with Crippen LogP contribution in [0, 0.1) is 5.82 Å². The van der Waals surface area contributed by atoms with Gasteiger partial charge in [-0.25, -0.2) is 4.39 Å². The van der Waals surface area contributed by atoms with Crippen LogP contribution in [-0.2, 0) is 10.2 Å². The van der Waals surface area contributed by atoms with E-state index in [9.17, 15) is 9.18 Å². The number of methoxy groups -OCH3 is 1. The average molecular weight is 421 g/mol. The lowest BCUT2D eigenvalue weighted by Crippen LogP contribution is -2.52. The SMILES string of the molecule is COc1cc(C2(C)CCCC(NC(=S)Nc3ccc(F)cc3)C2=O)ccc1Cl. The molecule has 3 rings (SSSR count). The number of carbonyl (C=O) groups is 1. The Hall–Kier alpha value is -2.18. The summed E-state index contributed by atoms with van der Waals surface area (Å²) in [6.45, 7) is 1.95. The van der Waals surface area contributed by atoms with Gasteiger partial charge in [0.2, 0.25) is 0 Å². The molecule has 0 spiro atoms. The predicted octanol–water partition coefficient (Wildman–Crippen LogP) is 4.85. The molecule has 0 aromatic heterocycles. The first-order valence-electron chi connectivity index (χ1n) is 9.05. The number of ether oxygens (including phenoxy) is 1. The third-order valence-electron chi connectivity index (χ3n) is 5.23. The van der Waals surface area contributed by atoms with E-state index in [-0.39, 0.29) is 11.6 Å². The second kappa shape index (κ2) is 8.45. The maximum Gasteiger partial charge on any atom is 0.171 e. The van der Waals surface area contributed by atoms with Gasteiger partial charge in [0.15, 0.2) is 10.9 Å². The van der Waals surface area contributed by atoms with Gasteiger partial charge in [-0.3, -0.25) is 4.79 Å². The van der Waals surface area contributed by atoms with E-state index in [2.05, 4.69) is 10.6 Å². The Labute approximate surface area is 174 Å². The van der Waals surface area contributed by atoms with E-state index in [1.165, 1.54) is 12.1 Å². The highest BCUT2D eigenvalue weighted by atomic mass is 35.5. The van der Waals surface area contributed by atoms with Crippen molar-refractivity contribution >= 4 is 40.4 Å². The van der Waals surface area contributed by atoms with E-state index in [4.69, 9.17) is 28.6 Å². The zero-order valence-corrected chi connectivity index (χ0v) is 17.3. The third kappa shape index (κ3) is 4.28. The number of nitrogens with one attached hydrogen (secondary N) is 2. The lowest BCUT2D eigenvalue weighted by molar-refractivity contribution is -0.127. The molecule has 4 nitrogen and oxygen atoms in total. The lowest BCUT2D eigenvalue weighted by atomic mass is 9.68. The van der Waals surface area contributed by atoms with Crippen molar-refractivity contribution in [3.05, 3.63) is 58.9 Å². The highest BCUT2D eigenvalue weighted by molar-refractivity contribution is 7.80. The monoisotopic (exact) mass is 420 g/mol. The molecule has 1 aliphatic carbocycles. The zero-order valence-electron chi connectivity index (χ0n) is 15.7. The first kappa shape index (κ1) is 20.6. The Kier molecular flexibility index (Phi) is 6.20. The van der Waals surface area contributed by atoms with Crippen molar-refractivity contribution in [2.24, 2.45) is 0 Å².